The van der Waals surface area contributed by atoms with Gasteiger partial charge in [0.05, 0.1) is 12.7 Å². The Morgan fingerprint density at radius 2 is 1.76 bits per heavy atom. The van der Waals surface area contributed by atoms with E-state index in [1.54, 1.807) is 0 Å². The minimum Gasteiger partial charge on any atom is -0.465 e. The van der Waals surface area contributed by atoms with E-state index in [2.05, 4.69) is 15.4 Å². The van der Waals surface area contributed by atoms with Gasteiger partial charge in [0.1, 0.15) is 22.8 Å². The van der Waals surface area contributed by atoms with Gasteiger partial charge in [-0.15, -0.1) is 0 Å². The van der Waals surface area contributed by atoms with Crippen LogP contribution in [0.4, 0.5) is 28.9 Å². The molecule has 1 heterocycles. The molecule has 34 heavy (non-hydrogen) atoms. The quantitative estimate of drug-likeness (QED) is 0.387. The fraction of sp³-hybridized carbons (Fsp3) is 0.0870. The lowest BCUT2D eigenvalue weighted by molar-refractivity contribution is -0.137. The Labute approximate surface area is 189 Å². The zero-order valence-electron chi connectivity index (χ0n) is 17.4. The summed E-state index contributed by atoms with van der Waals surface area (Å²) in [6.07, 6.45) is -2.11. The Morgan fingerprint density at radius 3 is 2.41 bits per heavy atom. The zero-order valence-corrected chi connectivity index (χ0v) is 17.4. The highest BCUT2D eigenvalue weighted by Crippen LogP contribution is 2.29. The summed E-state index contributed by atoms with van der Waals surface area (Å²) in [5.74, 6) is -2.57. The minimum absolute atomic E-state index is 0.219. The molecule has 2 N–H and O–H groups in total. The number of carbonyl (C=O) groups is 2. The molecule has 7 nitrogen and oxygen atoms in total. The second-order valence-electron chi connectivity index (χ2n) is 6.73. The Bertz CT molecular complexity index is 1300. The van der Waals surface area contributed by atoms with Crippen LogP contribution in [0.15, 0.2) is 70.0 Å². The monoisotopic (exact) mass is 476 g/mol. The van der Waals surface area contributed by atoms with Gasteiger partial charge in [0.25, 0.3) is 5.91 Å². The first-order chi connectivity index (χ1) is 16.1. The Kier molecular flexibility index (Phi) is 7.15. The maximum atomic E-state index is 13.0. The molecule has 0 saturated heterocycles. The second kappa shape index (κ2) is 10.0. The van der Waals surface area contributed by atoms with Crippen molar-refractivity contribution in [2.45, 2.75) is 6.18 Å². The van der Waals surface area contributed by atoms with Crippen molar-refractivity contribution in [3.63, 3.8) is 0 Å². The molecule has 1 amide bonds. The summed E-state index contributed by atoms with van der Waals surface area (Å²) in [7, 11) is 1.08. The van der Waals surface area contributed by atoms with E-state index in [1.165, 1.54) is 36.5 Å². The maximum absolute atomic E-state index is 13.0. The molecule has 1 aromatic heterocycles. The van der Waals surface area contributed by atoms with Crippen LogP contribution in [-0.2, 0) is 10.9 Å². The van der Waals surface area contributed by atoms with Crippen molar-refractivity contribution in [2.75, 3.05) is 17.7 Å². The summed E-state index contributed by atoms with van der Waals surface area (Å²) >= 11 is 0. The van der Waals surface area contributed by atoms with Crippen LogP contribution < -0.4 is 16.3 Å². The Hall–Kier alpha value is -4.41. The molecule has 2 aromatic carbocycles. The molecule has 0 aliphatic heterocycles. The number of anilines is 2. The van der Waals surface area contributed by atoms with E-state index in [4.69, 9.17) is 4.42 Å². The van der Waals surface area contributed by atoms with Gasteiger partial charge >= 0.3 is 17.8 Å². The summed E-state index contributed by atoms with van der Waals surface area (Å²) in [5.41, 5.74) is -2.68. The molecule has 0 fully saturated rings. The highest BCUT2D eigenvalue weighted by Gasteiger charge is 2.31. The molecule has 3 rings (SSSR count). The van der Waals surface area contributed by atoms with E-state index in [9.17, 15) is 31.9 Å². The predicted octanol–water partition coefficient (Wildman–Crippen LogP) is 4.92. The first-order valence-electron chi connectivity index (χ1n) is 9.52. The van der Waals surface area contributed by atoms with Crippen LogP contribution in [0.2, 0.25) is 0 Å². The highest BCUT2D eigenvalue weighted by molar-refractivity contribution is 6.05. The number of halogens is 4. The number of esters is 1. The van der Waals surface area contributed by atoms with Crippen molar-refractivity contribution in [2.24, 2.45) is 0 Å². The fourth-order valence-corrected chi connectivity index (χ4v) is 2.76. The molecule has 0 aliphatic carbocycles. The van der Waals surface area contributed by atoms with Gasteiger partial charge in [0.15, 0.2) is 0 Å². The number of hydrogen-bond donors (Lipinski definition) is 2. The molecule has 0 spiro atoms. The van der Waals surface area contributed by atoms with E-state index >= 15 is 0 Å². The van der Waals surface area contributed by atoms with Crippen molar-refractivity contribution in [3.05, 3.63) is 99.5 Å². The van der Waals surface area contributed by atoms with E-state index in [0.717, 1.165) is 31.4 Å². The third-order valence-electron chi connectivity index (χ3n) is 4.41. The van der Waals surface area contributed by atoms with E-state index in [0.29, 0.717) is 11.8 Å². The number of benzene rings is 2. The van der Waals surface area contributed by atoms with Gasteiger partial charge < -0.3 is 19.8 Å². The third kappa shape index (κ3) is 5.88. The highest BCUT2D eigenvalue weighted by atomic mass is 19.4. The van der Waals surface area contributed by atoms with Crippen LogP contribution in [0.1, 0.15) is 32.0 Å². The van der Waals surface area contributed by atoms with Gasteiger partial charge in [-0.25, -0.2) is 14.0 Å². The summed E-state index contributed by atoms with van der Waals surface area (Å²) in [6.45, 7) is 0. The average Bonchev–Trinajstić information content (AvgIpc) is 2.81. The number of methoxy groups -OCH3 is 1. The SMILES string of the molecule is COC(=O)c1cc(NC(=O)c2cccc(C(F)(F)F)c2)c(=O)oc1C=CNc1ccc(F)cc1. The smallest absolute Gasteiger partial charge is 0.416 e. The van der Waals surface area contributed by atoms with Gasteiger partial charge in [-0.1, -0.05) is 6.07 Å². The lowest BCUT2D eigenvalue weighted by atomic mass is 10.1. The molecule has 0 bridgehead atoms. The number of nitrogens with one attached hydrogen (secondary N) is 2. The van der Waals surface area contributed by atoms with Gasteiger partial charge in [0, 0.05) is 17.5 Å². The first kappa shape index (κ1) is 24.2. The molecule has 176 valence electrons. The maximum Gasteiger partial charge on any atom is 0.416 e. The zero-order chi connectivity index (χ0) is 24.9. The number of carbonyl (C=O) groups excluding carboxylic acids is 2. The third-order valence-corrected chi connectivity index (χ3v) is 4.41. The average molecular weight is 476 g/mol. The Morgan fingerprint density at radius 1 is 1.06 bits per heavy atom. The lowest BCUT2D eigenvalue weighted by Gasteiger charge is -2.10. The number of hydrogen-bond acceptors (Lipinski definition) is 6. The van der Waals surface area contributed by atoms with Crippen LogP contribution in [0, 0.1) is 5.82 Å². The number of rotatable bonds is 6. The largest absolute Gasteiger partial charge is 0.465 e. The van der Waals surface area contributed by atoms with Crippen molar-refractivity contribution >= 4 is 29.3 Å². The summed E-state index contributed by atoms with van der Waals surface area (Å²) in [4.78, 5) is 36.9. The van der Waals surface area contributed by atoms with Crippen molar-refractivity contribution in [1.29, 1.82) is 0 Å². The predicted molar refractivity (Wildman–Crippen MR) is 115 cm³/mol. The molecule has 0 saturated carbocycles. The van der Waals surface area contributed by atoms with Gasteiger partial charge in [-0.2, -0.15) is 13.2 Å². The van der Waals surface area contributed by atoms with Gasteiger partial charge in [0.2, 0.25) is 0 Å². The van der Waals surface area contributed by atoms with Crippen LogP contribution in [-0.4, -0.2) is 19.0 Å². The number of ether oxygens (including phenoxy) is 1. The van der Waals surface area contributed by atoms with E-state index in [1.807, 2.05) is 0 Å². The van der Waals surface area contributed by atoms with E-state index < -0.39 is 40.7 Å². The number of alkyl halides is 3. The van der Waals surface area contributed by atoms with Crippen LogP contribution in [0.5, 0.6) is 0 Å². The van der Waals surface area contributed by atoms with E-state index in [-0.39, 0.29) is 16.9 Å². The summed E-state index contributed by atoms with van der Waals surface area (Å²) < 4.78 is 61.4. The number of amides is 1. The van der Waals surface area contributed by atoms with Gasteiger partial charge in [-0.05, 0) is 54.6 Å². The molecule has 11 heteroatoms. The van der Waals surface area contributed by atoms with Crippen LogP contribution >= 0.6 is 0 Å². The van der Waals surface area contributed by atoms with Crippen molar-refractivity contribution in [3.8, 4) is 0 Å². The molecule has 3 aromatic rings. The van der Waals surface area contributed by atoms with Crippen LogP contribution in [0.25, 0.3) is 6.08 Å². The molecule has 0 atom stereocenters. The normalized spacial score (nSPS) is 11.3. The second-order valence-corrected chi connectivity index (χ2v) is 6.73. The molecular formula is C23H16F4N2O5. The van der Waals surface area contributed by atoms with Crippen molar-refractivity contribution < 1.29 is 36.3 Å². The topological polar surface area (TPSA) is 97.6 Å². The van der Waals surface area contributed by atoms with Crippen molar-refractivity contribution in [1.82, 2.24) is 0 Å². The van der Waals surface area contributed by atoms with Crippen LogP contribution in [0.3, 0.4) is 0 Å². The molecular weight excluding hydrogens is 460 g/mol. The fourth-order valence-electron chi connectivity index (χ4n) is 2.76. The Balaban J connectivity index is 1.87. The minimum atomic E-state index is -4.66. The summed E-state index contributed by atoms with van der Waals surface area (Å²) in [5, 5.41) is 4.93. The molecule has 0 unspecified atom stereocenters. The first-order valence-corrected chi connectivity index (χ1v) is 9.52. The standard InChI is InChI=1S/C23H16F4N2O5/c1-33-21(31)17-12-18(29-20(30)13-3-2-4-14(11-13)23(25,26)27)22(32)34-19(17)9-10-28-16-7-5-15(24)6-8-16/h2-12,28H,1H3,(H,29,30). The van der Waals surface area contributed by atoms with Gasteiger partial charge in [-0.3, -0.25) is 4.79 Å². The summed E-state index contributed by atoms with van der Waals surface area (Å²) in [6, 6.07) is 9.91. The lowest BCUT2D eigenvalue weighted by Crippen LogP contribution is -2.20. The molecule has 0 aliphatic rings. The molecule has 0 radical (unpaired) electrons.